The van der Waals surface area contributed by atoms with Crippen LogP contribution in [0.25, 0.3) is 0 Å². The molecular weight excluding hydrogens is 224 g/mol. The summed E-state index contributed by atoms with van der Waals surface area (Å²) in [7, 11) is 4.25. The number of rotatable bonds is 6. The Morgan fingerprint density at radius 2 is 2.22 bits per heavy atom. The second kappa shape index (κ2) is 6.21. The number of nitrogens with one attached hydrogen (secondary N) is 1. The van der Waals surface area contributed by atoms with E-state index in [9.17, 15) is 0 Å². The summed E-state index contributed by atoms with van der Waals surface area (Å²) in [4.78, 5) is 2.24. The van der Waals surface area contributed by atoms with Crippen molar-refractivity contribution in [2.24, 2.45) is 0 Å². The van der Waals surface area contributed by atoms with Crippen LogP contribution in [0.1, 0.15) is 30.5 Å². The van der Waals surface area contributed by atoms with Gasteiger partial charge in [-0.05, 0) is 50.8 Å². The number of nitrogens with zero attached hydrogens (tertiary/aromatic N) is 1. The molecule has 100 valence electrons. The van der Waals surface area contributed by atoms with Gasteiger partial charge in [0.05, 0.1) is 6.61 Å². The van der Waals surface area contributed by atoms with Crippen LogP contribution in [0.2, 0.25) is 0 Å². The molecule has 0 saturated heterocycles. The van der Waals surface area contributed by atoms with Crippen LogP contribution in [-0.4, -0.2) is 38.7 Å². The van der Waals surface area contributed by atoms with Crippen molar-refractivity contribution in [1.82, 2.24) is 10.2 Å². The molecule has 0 bridgehead atoms. The van der Waals surface area contributed by atoms with Crippen LogP contribution in [0.15, 0.2) is 18.2 Å². The second-order valence-electron chi connectivity index (χ2n) is 5.17. The minimum absolute atomic E-state index is 0.447. The van der Waals surface area contributed by atoms with E-state index in [1.807, 2.05) is 0 Å². The van der Waals surface area contributed by atoms with Crippen molar-refractivity contribution in [3.05, 3.63) is 29.3 Å². The highest BCUT2D eigenvalue weighted by atomic mass is 16.5. The van der Waals surface area contributed by atoms with Gasteiger partial charge in [0.25, 0.3) is 0 Å². The molecule has 1 unspecified atom stereocenters. The van der Waals surface area contributed by atoms with Crippen molar-refractivity contribution in [2.45, 2.75) is 25.8 Å². The van der Waals surface area contributed by atoms with Crippen molar-refractivity contribution >= 4 is 0 Å². The summed E-state index contributed by atoms with van der Waals surface area (Å²) in [5.74, 6) is 1.07. The lowest BCUT2D eigenvalue weighted by Crippen LogP contribution is -2.25. The molecule has 1 N–H and O–H groups in total. The average Bonchev–Trinajstić information content (AvgIpc) is 2.81. The second-order valence-corrected chi connectivity index (χ2v) is 5.17. The van der Waals surface area contributed by atoms with Crippen molar-refractivity contribution in [2.75, 3.05) is 33.8 Å². The summed E-state index contributed by atoms with van der Waals surface area (Å²) in [5, 5.41) is 3.58. The first-order valence-corrected chi connectivity index (χ1v) is 6.84. The standard InChI is InChI=1S/C15H24N2O/c1-4-16-14(7-9-17(2)3)12-5-6-15-13(11-12)8-10-18-15/h5-6,11,14,16H,4,7-10H2,1-3H3. The summed E-state index contributed by atoms with van der Waals surface area (Å²) in [6.45, 7) is 5.11. The molecule has 0 radical (unpaired) electrons. The first-order valence-electron chi connectivity index (χ1n) is 6.84. The zero-order valence-corrected chi connectivity index (χ0v) is 11.7. The Morgan fingerprint density at radius 3 is 2.94 bits per heavy atom. The summed E-state index contributed by atoms with van der Waals surface area (Å²) in [6.07, 6.45) is 2.19. The summed E-state index contributed by atoms with van der Waals surface area (Å²) in [5.41, 5.74) is 2.75. The van der Waals surface area contributed by atoms with Gasteiger partial charge >= 0.3 is 0 Å². The maximum atomic E-state index is 5.56. The summed E-state index contributed by atoms with van der Waals surface area (Å²) >= 11 is 0. The maximum absolute atomic E-state index is 5.56. The van der Waals surface area contributed by atoms with E-state index in [1.54, 1.807) is 0 Å². The number of ether oxygens (including phenoxy) is 1. The van der Waals surface area contributed by atoms with Crippen molar-refractivity contribution in [3.63, 3.8) is 0 Å². The summed E-state index contributed by atoms with van der Waals surface area (Å²) in [6, 6.07) is 7.08. The third kappa shape index (κ3) is 3.24. The fraction of sp³-hybridized carbons (Fsp3) is 0.600. The van der Waals surface area contributed by atoms with E-state index >= 15 is 0 Å². The van der Waals surface area contributed by atoms with Gasteiger partial charge in [0.1, 0.15) is 5.75 Å². The monoisotopic (exact) mass is 248 g/mol. The lowest BCUT2D eigenvalue weighted by molar-refractivity contribution is 0.356. The molecule has 0 amide bonds. The molecule has 1 aromatic rings. The minimum atomic E-state index is 0.447. The van der Waals surface area contributed by atoms with Crippen LogP contribution in [0.4, 0.5) is 0 Å². The van der Waals surface area contributed by atoms with Crippen LogP contribution in [0, 0.1) is 0 Å². The van der Waals surface area contributed by atoms with Crippen LogP contribution >= 0.6 is 0 Å². The third-order valence-corrected chi connectivity index (χ3v) is 3.43. The smallest absolute Gasteiger partial charge is 0.122 e. The van der Waals surface area contributed by atoms with Gasteiger partial charge in [-0.15, -0.1) is 0 Å². The average molecular weight is 248 g/mol. The topological polar surface area (TPSA) is 24.5 Å². The molecule has 3 nitrogen and oxygen atoms in total. The molecule has 0 saturated carbocycles. The first-order chi connectivity index (χ1) is 8.70. The largest absolute Gasteiger partial charge is 0.493 e. The van der Waals surface area contributed by atoms with E-state index in [4.69, 9.17) is 4.74 Å². The number of hydrogen-bond acceptors (Lipinski definition) is 3. The van der Waals surface area contributed by atoms with E-state index in [1.165, 1.54) is 11.1 Å². The van der Waals surface area contributed by atoms with E-state index in [0.29, 0.717) is 6.04 Å². The predicted molar refractivity (Wildman–Crippen MR) is 75.2 cm³/mol. The quantitative estimate of drug-likeness (QED) is 0.835. The third-order valence-electron chi connectivity index (χ3n) is 3.43. The Balaban J connectivity index is 2.09. The molecular formula is C15H24N2O. The van der Waals surface area contributed by atoms with Gasteiger partial charge in [-0.25, -0.2) is 0 Å². The van der Waals surface area contributed by atoms with Gasteiger partial charge in [-0.1, -0.05) is 19.1 Å². The van der Waals surface area contributed by atoms with Crippen molar-refractivity contribution in [1.29, 1.82) is 0 Å². The van der Waals surface area contributed by atoms with Gasteiger partial charge in [0.15, 0.2) is 0 Å². The van der Waals surface area contributed by atoms with Crippen LogP contribution in [0.3, 0.4) is 0 Å². The highest BCUT2D eigenvalue weighted by Gasteiger charge is 2.16. The zero-order valence-electron chi connectivity index (χ0n) is 11.7. The van der Waals surface area contributed by atoms with Gasteiger partial charge in [-0.2, -0.15) is 0 Å². The molecule has 2 rings (SSSR count). The highest BCUT2D eigenvalue weighted by Crippen LogP contribution is 2.29. The minimum Gasteiger partial charge on any atom is -0.493 e. The molecule has 0 aromatic heterocycles. The molecule has 3 heteroatoms. The molecule has 1 heterocycles. The number of hydrogen-bond donors (Lipinski definition) is 1. The number of benzene rings is 1. The van der Waals surface area contributed by atoms with E-state index in [2.05, 4.69) is 49.4 Å². The lowest BCUT2D eigenvalue weighted by atomic mass is 10.00. The lowest BCUT2D eigenvalue weighted by Gasteiger charge is -2.21. The van der Waals surface area contributed by atoms with Crippen LogP contribution < -0.4 is 10.1 Å². The number of fused-ring (bicyclic) bond motifs is 1. The highest BCUT2D eigenvalue weighted by molar-refractivity contribution is 5.40. The maximum Gasteiger partial charge on any atom is 0.122 e. The van der Waals surface area contributed by atoms with E-state index in [0.717, 1.165) is 38.3 Å². The fourth-order valence-corrected chi connectivity index (χ4v) is 2.44. The molecule has 1 aliphatic rings. The van der Waals surface area contributed by atoms with Gasteiger partial charge in [-0.3, -0.25) is 0 Å². The van der Waals surface area contributed by atoms with Gasteiger partial charge in [0.2, 0.25) is 0 Å². The Morgan fingerprint density at radius 1 is 1.39 bits per heavy atom. The zero-order chi connectivity index (χ0) is 13.0. The molecule has 0 fully saturated rings. The van der Waals surface area contributed by atoms with Crippen molar-refractivity contribution in [3.8, 4) is 5.75 Å². The van der Waals surface area contributed by atoms with Gasteiger partial charge < -0.3 is 15.0 Å². The Kier molecular flexibility index (Phi) is 4.61. The molecule has 18 heavy (non-hydrogen) atoms. The normalized spacial score (nSPS) is 15.6. The van der Waals surface area contributed by atoms with Crippen LogP contribution in [0.5, 0.6) is 5.75 Å². The Labute approximate surface area is 110 Å². The van der Waals surface area contributed by atoms with E-state index in [-0.39, 0.29) is 0 Å². The molecule has 1 aliphatic heterocycles. The van der Waals surface area contributed by atoms with E-state index < -0.39 is 0 Å². The summed E-state index contributed by atoms with van der Waals surface area (Å²) < 4.78 is 5.56. The Bertz CT molecular complexity index is 390. The molecule has 0 aliphatic carbocycles. The van der Waals surface area contributed by atoms with Gasteiger partial charge in [0, 0.05) is 12.5 Å². The first kappa shape index (κ1) is 13.4. The SMILES string of the molecule is CCNC(CCN(C)C)c1ccc2c(c1)CCO2. The van der Waals surface area contributed by atoms with Crippen molar-refractivity contribution < 1.29 is 4.74 Å². The molecule has 1 aromatic carbocycles. The molecule has 0 spiro atoms. The molecule has 1 atom stereocenters. The Hall–Kier alpha value is -1.06. The predicted octanol–water partition coefficient (Wildman–Crippen LogP) is 2.22. The van der Waals surface area contributed by atoms with Crippen LogP contribution in [-0.2, 0) is 6.42 Å². The fourth-order valence-electron chi connectivity index (χ4n) is 2.44.